The number of nitrogens with one attached hydrogen (secondary N) is 2. The molecule has 1 atom stereocenters. The van der Waals surface area contributed by atoms with Gasteiger partial charge in [-0.15, -0.1) is 0 Å². The summed E-state index contributed by atoms with van der Waals surface area (Å²) < 4.78 is 7.98. The molecule has 1 aliphatic heterocycles. The molecule has 0 aliphatic carbocycles. The van der Waals surface area contributed by atoms with Crippen molar-refractivity contribution in [2.45, 2.75) is 25.4 Å². The Kier molecular flexibility index (Phi) is 3.54. The molecule has 114 valence electrons. The van der Waals surface area contributed by atoms with E-state index in [1.165, 1.54) is 11.6 Å². The zero-order valence-corrected chi connectivity index (χ0v) is 12.2. The maximum Gasteiger partial charge on any atom is 0.332 e. The first-order valence-electron chi connectivity index (χ1n) is 7.09. The van der Waals surface area contributed by atoms with E-state index in [0.29, 0.717) is 29.8 Å². The lowest BCUT2D eigenvalue weighted by molar-refractivity contribution is 0.107. The topological polar surface area (TPSA) is 93.9 Å². The van der Waals surface area contributed by atoms with Crippen molar-refractivity contribution in [2.24, 2.45) is 14.1 Å². The molecule has 1 unspecified atom stereocenters. The molecule has 1 fully saturated rings. The van der Waals surface area contributed by atoms with Crippen molar-refractivity contribution >= 4 is 17.1 Å². The summed E-state index contributed by atoms with van der Waals surface area (Å²) in [6, 6.07) is 0. The molecule has 8 heteroatoms. The summed E-state index contributed by atoms with van der Waals surface area (Å²) in [6.07, 6.45) is 3.41. The summed E-state index contributed by atoms with van der Waals surface area (Å²) in [5.41, 5.74) is -0.0559. The number of aromatic amines is 1. The standard InChI is InChI=1S/C13H19N5O3/c1-17-10-9(11(19)18(2)13(17)20)15-12(16-10)14-6-5-8-4-3-7-21-8/h8H,3-7H2,1-2H3,(H2,14,15,16). The van der Waals surface area contributed by atoms with E-state index in [4.69, 9.17) is 4.74 Å². The Hall–Kier alpha value is -2.09. The van der Waals surface area contributed by atoms with E-state index in [9.17, 15) is 9.59 Å². The van der Waals surface area contributed by atoms with Gasteiger partial charge < -0.3 is 15.0 Å². The van der Waals surface area contributed by atoms with Crippen molar-refractivity contribution in [1.82, 2.24) is 19.1 Å². The number of aryl methyl sites for hydroxylation is 1. The van der Waals surface area contributed by atoms with E-state index in [-0.39, 0.29) is 11.2 Å². The third-order valence-corrected chi connectivity index (χ3v) is 3.88. The molecule has 2 aromatic heterocycles. The van der Waals surface area contributed by atoms with Crippen molar-refractivity contribution in [3.8, 4) is 0 Å². The molecule has 0 saturated carbocycles. The average Bonchev–Trinajstić information content (AvgIpc) is 3.12. The Morgan fingerprint density at radius 2 is 2.19 bits per heavy atom. The Morgan fingerprint density at radius 1 is 1.38 bits per heavy atom. The highest BCUT2D eigenvalue weighted by atomic mass is 16.5. The number of H-pyrrole nitrogens is 1. The second kappa shape index (κ2) is 5.36. The van der Waals surface area contributed by atoms with E-state index in [0.717, 1.165) is 30.4 Å². The maximum absolute atomic E-state index is 12.0. The molecule has 1 saturated heterocycles. The molecule has 0 spiro atoms. The fourth-order valence-corrected chi connectivity index (χ4v) is 2.63. The van der Waals surface area contributed by atoms with Crippen LogP contribution in [0.4, 0.5) is 5.95 Å². The number of hydrogen-bond acceptors (Lipinski definition) is 5. The minimum atomic E-state index is -0.384. The molecule has 0 bridgehead atoms. The van der Waals surface area contributed by atoms with E-state index < -0.39 is 0 Å². The van der Waals surface area contributed by atoms with Crippen molar-refractivity contribution < 1.29 is 4.74 Å². The molecule has 2 N–H and O–H groups in total. The number of ether oxygens (including phenoxy) is 1. The quantitative estimate of drug-likeness (QED) is 0.823. The zero-order chi connectivity index (χ0) is 15.0. The summed E-state index contributed by atoms with van der Waals surface area (Å²) in [5, 5.41) is 3.14. The third-order valence-electron chi connectivity index (χ3n) is 3.88. The molecule has 3 rings (SSSR count). The van der Waals surface area contributed by atoms with Gasteiger partial charge >= 0.3 is 5.69 Å². The van der Waals surface area contributed by atoms with E-state index in [1.54, 1.807) is 7.05 Å². The smallest absolute Gasteiger partial charge is 0.332 e. The summed E-state index contributed by atoms with van der Waals surface area (Å²) in [7, 11) is 3.05. The molecule has 3 heterocycles. The van der Waals surface area contributed by atoms with Gasteiger partial charge in [-0.05, 0) is 19.3 Å². The van der Waals surface area contributed by atoms with Gasteiger partial charge in [0.05, 0.1) is 6.10 Å². The van der Waals surface area contributed by atoms with Crippen LogP contribution in [0.2, 0.25) is 0 Å². The monoisotopic (exact) mass is 293 g/mol. The highest BCUT2D eigenvalue weighted by Crippen LogP contribution is 2.15. The van der Waals surface area contributed by atoms with Crippen molar-refractivity contribution in [3.63, 3.8) is 0 Å². The highest BCUT2D eigenvalue weighted by molar-refractivity contribution is 5.72. The van der Waals surface area contributed by atoms with Gasteiger partial charge in [-0.2, -0.15) is 4.98 Å². The number of fused-ring (bicyclic) bond motifs is 1. The number of imidazole rings is 1. The van der Waals surface area contributed by atoms with Gasteiger partial charge in [0, 0.05) is 27.2 Å². The predicted octanol–water partition coefficient (Wildman–Crippen LogP) is -0.0587. The molecular formula is C13H19N5O3. The fourth-order valence-electron chi connectivity index (χ4n) is 2.63. The maximum atomic E-state index is 12.0. The van der Waals surface area contributed by atoms with Crippen LogP contribution in [-0.4, -0.2) is 38.4 Å². The van der Waals surface area contributed by atoms with Crippen LogP contribution in [0.25, 0.3) is 11.2 Å². The lowest BCUT2D eigenvalue weighted by Crippen LogP contribution is -2.36. The molecular weight excluding hydrogens is 274 g/mol. The van der Waals surface area contributed by atoms with Crippen molar-refractivity contribution in [2.75, 3.05) is 18.5 Å². The number of rotatable bonds is 4. The Morgan fingerprint density at radius 3 is 2.90 bits per heavy atom. The van der Waals surface area contributed by atoms with Crippen LogP contribution in [0.5, 0.6) is 0 Å². The summed E-state index contributed by atoms with van der Waals surface area (Å²) in [4.78, 5) is 31.1. The minimum Gasteiger partial charge on any atom is -0.378 e. The first-order valence-corrected chi connectivity index (χ1v) is 7.09. The van der Waals surface area contributed by atoms with Crippen LogP contribution in [0.15, 0.2) is 9.59 Å². The molecule has 0 aromatic carbocycles. The Labute approximate surface area is 120 Å². The van der Waals surface area contributed by atoms with E-state index in [2.05, 4.69) is 15.3 Å². The molecule has 1 aliphatic rings. The third kappa shape index (κ3) is 2.46. The number of nitrogens with zero attached hydrogens (tertiary/aromatic N) is 3. The van der Waals surface area contributed by atoms with Crippen LogP contribution in [-0.2, 0) is 18.8 Å². The molecule has 8 nitrogen and oxygen atoms in total. The Bertz CT molecular complexity index is 766. The van der Waals surface area contributed by atoms with Gasteiger partial charge in [0.1, 0.15) is 0 Å². The first kappa shape index (κ1) is 13.9. The van der Waals surface area contributed by atoms with Gasteiger partial charge in [0.25, 0.3) is 5.56 Å². The second-order valence-electron chi connectivity index (χ2n) is 5.34. The van der Waals surface area contributed by atoms with E-state index >= 15 is 0 Å². The first-order chi connectivity index (χ1) is 10.1. The lowest BCUT2D eigenvalue weighted by Gasteiger charge is -2.08. The highest BCUT2D eigenvalue weighted by Gasteiger charge is 2.16. The molecule has 21 heavy (non-hydrogen) atoms. The summed E-state index contributed by atoms with van der Waals surface area (Å²) >= 11 is 0. The number of anilines is 1. The van der Waals surface area contributed by atoms with Gasteiger partial charge in [-0.25, -0.2) is 4.79 Å². The lowest BCUT2D eigenvalue weighted by atomic mass is 10.2. The molecule has 2 aromatic rings. The van der Waals surface area contributed by atoms with Gasteiger partial charge in [-0.3, -0.25) is 13.9 Å². The normalized spacial score (nSPS) is 18.5. The van der Waals surface area contributed by atoms with Crippen LogP contribution in [0.3, 0.4) is 0 Å². The van der Waals surface area contributed by atoms with Crippen molar-refractivity contribution in [1.29, 1.82) is 0 Å². The zero-order valence-electron chi connectivity index (χ0n) is 12.2. The molecule has 0 radical (unpaired) electrons. The molecule has 0 amide bonds. The fraction of sp³-hybridized carbons (Fsp3) is 0.615. The van der Waals surface area contributed by atoms with Gasteiger partial charge in [0.2, 0.25) is 5.95 Å². The minimum absolute atomic E-state index is 0.305. The van der Waals surface area contributed by atoms with E-state index in [1.807, 2.05) is 0 Å². The largest absolute Gasteiger partial charge is 0.378 e. The SMILES string of the molecule is Cn1c(=O)c2[nH]c(NCCC3CCCO3)nc2n(C)c1=O. The average molecular weight is 293 g/mol. The van der Waals surface area contributed by atoms with Gasteiger partial charge in [-0.1, -0.05) is 0 Å². The number of aromatic nitrogens is 4. The number of hydrogen-bond donors (Lipinski definition) is 2. The van der Waals surface area contributed by atoms with Crippen LogP contribution < -0.4 is 16.6 Å². The summed E-state index contributed by atoms with van der Waals surface area (Å²) in [5.74, 6) is 0.501. The van der Waals surface area contributed by atoms with Crippen LogP contribution in [0.1, 0.15) is 19.3 Å². The van der Waals surface area contributed by atoms with Crippen molar-refractivity contribution in [3.05, 3.63) is 20.8 Å². The van der Waals surface area contributed by atoms with Crippen LogP contribution in [0, 0.1) is 0 Å². The van der Waals surface area contributed by atoms with Gasteiger partial charge in [0.15, 0.2) is 11.2 Å². The summed E-state index contributed by atoms with van der Waals surface area (Å²) in [6.45, 7) is 1.55. The second-order valence-corrected chi connectivity index (χ2v) is 5.34. The predicted molar refractivity (Wildman–Crippen MR) is 78.7 cm³/mol. The van der Waals surface area contributed by atoms with Crippen LogP contribution >= 0.6 is 0 Å². The Balaban J connectivity index is 1.81.